The number of fused-ring (bicyclic) bond motifs is 1. The Labute approximate surface area is 86.6 Å². The normalized spacial score (nSPS) is 20.3. The van der Waals surface area contributed by atoms with Gasteiger partial charge in [0.25, 0.3) is 0 Å². The first-order valence-electron chi connectivity index (χ1n) is 4.53. The second kappa shape index (κ2) is 3.31. The van der Waals surface area contributed by atoms with Crippen molar-refractivity contribution < 1.29 is 0 Å². The van der Waals surface area contributed by atoms with Gasteiger partial charge in [0, 0.05) is 22.7 Å². The monoisotopic (exact) mass is 240 g/mol. The van der Waals surface area contributed by atoms with E-state index in [-0.39, 0.29) is 0 Å². The number of halogens is 1. The fourth-order valence-corrected chi connectivity index (χ4v) is 2.39. The molecule has 1 atom stereocenters. The molecule has 0 saturated carbocycles. The highest BCUT2D eigenvalue weighted by Crippen LogP contribution is 2.33. The highest BCUT2D eigenvalue weighted by Gasteiger charge is 2.22. The van der Waals surface area contributed by atoms with Crippen molar-refractivity contribution in [1.82, 2.24) is 5.32 Å². The first kappa shape index (κ1) is 9.03. The van der Waals surface area contributed by atoms with Crippen molar-refractivity contribution in [2.24, 2.45) is 0 Å². The zero-order valence-corrected chi connectivity index (χ0v) is 9.19. The van der Waals surface area contributed by atoms with Crippen LogP contribution >= 0.6 is 15.9 Å². The molecule has 1 aliphatic rings. The molecule has 1 aliphatic heterocycles. The summed E-state index contributed by atoms with van der Waals surface area (Å²) in [6, 6.07) is 4.62. The van der Waals surface area contributed by atoms with Crippen LogP contribution in [0.4, 0.5) is 5.69 Å². The number of nitrogens with one attached hydrogen (secondary N) is 1. The third-order valence-corrected chi connectivity index (χ3v) is 3.05. The lowest BCUT2D eigenvalue weighted by Gasteiger charge is -2.09. The number of nitrogen functional groups attached to an aromatic ring is 1. The first-order valence-corrected chi connectivity index (χ1v) is 5.33. The van der Waals surface area contributed by atoms with Gasteiger partial charge in [-0.25, -0.2) is 0 Å². The van der Waals surface area contributed by atoms with Crippen LogP contribution in [0.3, 0.4) is 0 Å². The molecule has 70 valence electrons. The molecule has 1 unspecified atom stereocenters. The number of nitrogens with two attached hydrogens (primary N) is 1. The van der Waals surface area contributed by atoms with Crippen LogP contribution in [0.1, 0.15) is 30.5 Å². The summed E-state index contributed by atoms with van der Waals surface area (Å²) >= 11 is 3.46. The molecule has 0 aromatic heterocycles. The lowest BCUT2D eigenvalue weighted by molar-refractivity contribution is 0.567. The van der Waals surface area contributed by atoms with E-state index in [1.807, 2.05) is 6.07 Å². The number of hydrogen-bond donors (Lipinski definition) is 2. The summed E-state index contributed by atoms with van der Waals surface area (Å²) in [5.74, 6) is 0. The van der Waals surface area contributed by atoms with Crippen molar-refractivity contribution in [3.63, 3.8) is 0 Å². The van der Waals surface area contributed by atoms with Gasteiger partial charge in [-0.2, -0.15) is 0 Å². The summed E-state index contributed by atoms with van der Waals surface area (Å²) in [5, 5.41) is 3.44. The number of benzene rings is 1. The minimum Gasteiger partial charge on any atom is -0.398 e. The van der Waals surface area contributed by atoms with E-state index in [1.165, 1.54) is 11.1 Å². The van der Waals surface area contributed by atoms with E-state index in [0.717, 1.165) is 23.1 Å². The average Bonchev–Trinajstić information content (AvgIpc) is 2.47. The van der Waals surface area contributed by atoms with Crippen molar-refractivity contribution in [2.45, 2.75) is 25.9 Å². The quantitative estimate of drug-likeness (QED) is 0.741. The van der Waals surface area contributed by atoms with Crippen LogP contribution in [-0.4, -0.2) is 0 Å². The molecule has 0 fully saturated rings. The van der Waals surface area contributed by atoms with Gasteiger partial charge in [-0.05, 0) is 29.7 Å². The van der Waals surface area contributed by atoms with Crippen LogP contribution in [0.5, 0.6) is 0 Å². The van der Waals surface area contributed by atoms with E-state index in [1.54, 1.807) is 0 Å². The van der Waals surface area contributed by atoms with Crippen molar-refractivity contribution in [3.05, 3.63) is 27.7 Å². The predicted molar refractivity (Wildman–Crippen MR) is 58.4 cm³/mol. The van der Waals surface area contributed by atoms with Crippen molar-refractivity contribution >= 4 is 21.6 Å². The highest BCUT2D eigenvalue weighted by molar-refractivity contribution is 9.10. The smallest absolute Gasteiger partial charge is 0.0374 e. The molecule has 0 spiro atoms. The molecule has 0 amide bonds. The van der Waals surface area contributed by atoms with Crippen LogP contribution in [-0.2, 0) is 6.54 Å². The van der Waals surface area contributed by atoms with Crippen LogP contribution in [0.25, 0.3) is 0 Å². The van der Waals surface area contributed by atoms with Crippen molar-refractivity contribution in [2.75, 3.05) is 5.73 Å². The van der Waals surface area contributed by atoms with Gasteiger partial charge in [0.1, 0.15) is 0 Å². The molecule has 0 saturated heterocycles. The predicted octanol–water partition coefficient (Wildman–Crippen LogP) is 2.59. The van der Waals surface area contributed by atoms with Gasteiger partial charge in [-0.15, -0.1) is 0 Å². The van der Waals surface area contributed by atoms with E-state index >= 15 is 0 Å². The molecular weight excluding hydrogens is 228 g/mol. The third-order valence-electron chi connectivity index (χ3n) is 2.59. The highest BCUT2D eigenvalue weighted by atomic mass is 79.9. The van der Waals surface area contributed by atoms with E-state index in [4.69, 9.17) is 5.73 Å². The van der Waals surface area contributed by atoms with Gasteiger partial charge in [0.2, 0.25) is 0 Å². The Morgan fingerprint density at radius 2 is 2.38 bits per heavy atom. The minimum absolute atomic E-state index is 0.481. The molecule has 0 bridgehead atoms. The number of rotatable bonds is 1. The van der Waals surface area contributed by atoms with Gasteiger partial charge in [-0.3, -0.25) is 0 Å². The molecule has 0 aliphatic carbocycles. The number of anilines is 1. The maximum absolute atomic E-state index is 5.92. The molecule has 2 nitrogen and oxygen atoms in total. The SMILES string of the molecule is CCC1NCc2c(N)cc(Br)cc21. The second-order valence-electron chi connectivity index (χ2n) is 3.40. The Balaban J connectivity index is 2.51. The molecule has 3 heteroatoms. The molecule has 3 N–H and O–H groups in total. The lowest BCUT2D eigenvalue weighted by Crippen LogP contribution is -2.10. The molecule has 1 heterocycles. The Kier molecular flexibility index (Phi) is 2.30. The molecule has 2 rings (SSSR count). The summed E-state index contributed by atoms with van der Waals surface area (Å²) in [6.07, 6.45) is 1.11. The molecule has 1 aromatic carbocycles. The molecule has 0 radical (unpaired) electrons. The second-order valence-corrected chi connectivity index (χ2v) is 4.32. The first-order chi connectivity index (χ1) is 6.22. The minimum atomic E-state index is 0.481. The van der Waals surface area contributed by atoms with Gasteiger partial charge < -0.3 is 11.1 Å². The third kappa shape index (κ3) is 1.46. The van der Waals surface area contributed by atoms with Gasteiger partial charge >= 0.3 is 0 Å². The van der Waals surface area contributed by atoms with E-state index in [2.05, 4.69) is 34.2 Å². The topological polar surface area (TPSA) is 38.0 Å². The molecule has 13 heavy (non-hydrogen) atoms. The van der Waals surface area contributed by atoms with E-state index < -0.39 is 0 Å². The van der Waals surface area contributed by atoms with Crippen molar-refractivity contribution in [1.29, 1.82) is 0 Å². The summed E-state index contributed by atoms with van der Waals surface area (Å²) in [4.78, 5) is 0. The van der Waals surface area contributed by atoms with Crippen LogP contribution in [0, 0.1) is 0 Å². The Hall–Kier alpha value is -0.540. The Bertz CT molecular complexity index is 336. The van der Waals surface area contributed by atoms with Crippen molar-refractivity contribution in [3.8, 4) is 0 Å². The zero-order chi connectivity index (χ0) is 9.42. The van der Waals surface area contributed by atoms with Gasteiger partial charge in [0.05, 0.1) is 0 Å². The Morgan fingerprint density at radius 3 is 3.08 bits per heavy atom. The fraction of sp³-hybridized carbons (Fsp3) is 0.400. The van der Waals surface area contributed by atoms with Gasteiger partial charge in [-0.1, -0.05) is 22.9 Å². The molecular formula is C10H13BrN2. The largest absolute Gasteiger partial charge is 0.398 e. The van der Waals surface area contributed by atoms with Gasteiger partial charge in [0.15, 0.2) is 0 Å². The maximum Gasteiger partial charge on any atom is 0.0374 e. The number of hydrogen-bond acceptors (Lipinski definition) is 2. The summed E-state index contributed by atoms with van der Waals surface area (Å²) < 4.78 is 1.07. The Morgan fingerprint density at radius 1 is 1.62 bits per heavy atom. The maximum atomic E-state index is 5.92. The van der Waals surface area contributed by atoms with E-state index in [0.29, 0.717) is 6.04 Å². The molecule has 1 aromatic rings. The average molecular weight is 241 g/mol. The fourth-order valence-electron chi connectivity index (χ4n) is 1.89. The van der Waals surface area contributed by atoms with E-state index in [9.17, 15) is 0 Å². The zero-order valence-electron chi connectivity index (χ0n) is 7.60. The van der Waals surface area contributed by atoms with Crippen LogP contribution < -0.4 is 11.1 Å². The van der Waals surface area contributed by atoms with Crippen LogP contribution in [0.2, 0.25) is 0 Å². The summed E-state index contributed by atoms with van der Waals surface area (Å²) in [6.45, 7) is 3.09. The standard InChI is InChI=1S/C10H13BrN2/c1-2-10-7-3-6(11)4-9(12)8(7)5-13-10/h3-4,10,13H,2,5,12H2,1H3. The lowest BCUT2D eigenvalue weighted by atomic mass is 10.0. The summed E-state index contributed by atoms with van der Waals surface area (Å²) in [7, 11) is 0. The summed E-state index contributed by atoms with van der Waals surface area (Å²) in [5.41, 5.74) is 9.44. The van der Waals surface area contributed by atoms with Crippen LogP contribution in [0.15, 0.2) is 16.6 Å².